The van der Waals surface area contributed by atoms with E-state index in [1.807, 2.05) is 0 Å². The molecule has 2 aliphatic rings. The molecule has 3 unspecified atom stereocenters. The molecule has 3 atom stereocenters. The van der Waals surface area contributed by atoms with E-state index in [0.29, 0.717) is 6.04 Å². The number of H-pyrrole nitrogens is 1. The van der Waals surface area contributed by atoms with Crippen LogP contribution in [-0.2, 0) is 16.0 Å². The molecule has 1 saturated heterocycles. The fraction of sp³-hybridized carbons (Fsp3) is 0.438. The zero-order chi connectivity index (χ0) is 13.9. The molecule has 1 aliphatic heterocycles. The van der Waals surface area contributed by atoms with Crippen molar-refractivity contribution in [1.82, 2.24) is 9.88 Å². The van der Waals surface area contributed by atoms with Crippen LogP contribution in [0.5, 0.6) is 0 Å². The van der Waals surface area contributed by atoms with E-state index in [9.17, 15) is 4.79 Å². The van der Waals surface area contributed by atoms with Gasteiger partial charge < -0.3 is 14.6 Å². The molecule has 104 valence electrons. The maximum Gasteiger partial charge on any atom is 0.310 e. The number of methoxy groups -OCH3 is 1. The third-order valence-corrected chi connectivity index (χ3v) is 5.01. The molecule has 0 amide bonds. The van der Waals surface area contributed by atoms with Crippen molar-refractivity contribution in [2.75, 3.05) is 20.7 Å². The van der Waals surface area contributed by atoms with Crippen molar-refractivity contribution in [2.45, 2.75) is 18.4 Å². The van der Waals surface area contributed by atoms with Crippen molar-refractivity contribution >= 4 is 16.9 Å². The summed E-state index contributed by atoms with van der Waals surface area (Å²) in [7, 11) is 3.60. The largest absolute Gasteiger partial charge is 0.469 e. The van der Waals surface area contributed by atoms with E-state index in [1.54, 1.807) is 0 Å². The second kappa shape index (κ2) is 4.09. The molecule has 0 radical (unpaired) electrons. The van der Waals surface area contributed by atoms with Gasteiger partial charge in [0, 0.05) is 35.6 Å². The Morgan fingerprint density at radius 3 is 3.10 bits per heavy atom. The number of hydrogen-bond acceptors (Lipinski definition) is 3. The number of aromatic nitrogens is 1. The number of carbonyl (C=O) groups is 1. The van der Waals surface area contributed by atoms with Crippen molar-refractivity contribution in [1.29, 1.82) is 0 Å². The lowest BCUT2D eigenvalue weighted by Gasteiger charge is -2.31. The van der Waals surface area contributed by atoms with Gasteiger partial charge in [-0.3, -0.25) is 4.79 Å². The van der Waals surface area contributed by atoms with E-state index in [0.717, 1.165) is 13.0 Å². The highest BCUT2D eigenvalue weighted by molar-refractivity contribution is 5.89. The van der Waals surface area contributed by atoms with Gasteiger partial charge in [0.15, 0.2) is 0 Å². The molecule has 4 nitrogen and oxygen atoms in total. The summed E-state index contributed by atoms with van der Waals surface area (Å²) in [6.07, 6.45) is 3.12. The van der Waals surface area contributed by atoms with Crippen LogP contribution in [0, 0.1) is 5.92 Å². The van der Waals surface area contributed by atoms with Gasteiger partial charge in [0.1, 0.15) is 0 Å². The number of hydrogen-bond donors (Lipinski definition) is 1. The first-order valence-corrected chi connectivity index (χ1v) is 7.07. The Morgan fingerprint density at radius 1 is 1.45 bits per heavy atom. The number of esters is 1. The molecule has 1 aromatic heterocycles. The second-order valence-corrected chi connectivity index (χ2v) is 5.95. The number of nitrogens with one attached hydrogen (secondary N) is 1. The Hall–Kier alpha value is -1.81. The summed E-state index contributed by atoms with van der Waals surface area (Å²) in [5.74, 6) is 0.114. The van der Waals surface area contributed by atoms with E-state index in [1.165, 1.54) is 29.1 Å². The number of likely N-dealkylation sites (tertiary alicyclic amines) is 1. The molecule has 4 heteroatoms. The van der Waals surface area contributed by atoms with Gasteiger partial charge in [-0.1, -0.05) is 12.1 Å². The summed E-state index contributed by atoms with van der Waals surface area (Å²) in [4.78, 5) is 17.8. The van der Waals surface area contributed by atoms with E-state index < -0.39 is 0 Å². The minimum absolute atomic E-state index is 0.0522. The maximum atomic E-state index is 12.1. The lowest BCUT2D eigenvalue weighted by molar-refractivity contribution is -0.145. The second-order valence-electron chi connectivity index (χ2n) is 5.95. The number of benzene rings is 1. The molecule has 4 rings (SSSR count). The molecular weight excluding hydrogens is 252 g/mol. The quantitative estimate of drug-likeness (QED) is 0.805. The number of fused-ring (bicyclic) bond motifs is 2. The van der Waals surface area contributed by atoms with Crippen LogP contribution in [0.25, 0.3) is 10.9 Å². The Morgan fingerprint density at radius 2 is 2.30 bits per heavy atom. The molecule has 20 heavy (non-hydrogen) atoms. The van der Waals surface area contributed by atoms with Crippen LogP contribution >= 0.6 is 0 Å². The smallest absolute Gasteiger partial charge is 0.310 e. The van der Waals surface area contributed by atoms with Gasteiger partial charge in [-0.15, -0.1) is 0 Å². The van der Waals surface area contributed by atoms with Crippen molar-refractivity contribution in [3.05, 3.63) is 35.5 Å². The predicted molar refractivity (Wildman–Crippen MR) is 76.7 cm³/mol. The molecular formula is C16H18N2O2. The molecule has 2 aromatic rings. The van der Waals surface area contributed by atoms with Crippen molar-refractivity contribution in [3.63, 3.8) is 0 Å². The van der Waals surface area contributed by atoms with Gasteiger partial charge >= 0.3 is 5.97 Å². The molecule has 1 aromatic carbocycles. The minimum Gasteiger partial charge on any atom is -0.469 e. The zero-order valence-corrected chi connectivity index (χ0v) is 11.7. The van der Waals surface area contributed by atoms with Crippen LogP contribution in [0.2, 0.25) is 0 Å². The number of nitrogens with zero attached hydrogens (tertiary/aromatic N) is 1. The molecule has 2 heterocycles. The van der Waals surface area contributed by atoms with Crippen LogP contribution in [0.3, 0.4) is 0 Å². The monoisotopic (exact) mass is 270 g/mol. The van der Waals surface area contributed by atoms with Gasteiger partial charge in [-0.2, -0.15) is 0 Å². The Balaban J connectivity index is 1.91. The van der Waals surface area contributed by atoms with Crippen LogP contribution in [0.4, 0.5) is 0 Å². The Labute approximate surface area is 117 Å². The molecule has 0 spiro atoms. The fourth-order valence-corrected chi connectivity index (χ4v) is 4.13. The number of ether oxygens (including phenoxy) is 1. The number of aromatic amines is 1. The van der Waals surface area contributed by atoms with Crippen molar-refractivity contribution < 1.29 is 9.53 Å². The van der Waals surface area contributed by atoms with Gasteiger partial charge in [-0.05, 0) is 30.7 Å². The standard InChI is InChI=1S/C16H18N2O2/c1-18-8-11(16(19)20-2)15-10-4-3-5-12-14(10)9(7-17-12)6-13(15)18/h3-5,7,11,13,15,17H,6,8H2,1-2H3. The molecule has 0 bridgehead atoms. The average molecular weight is 270 g/mol. The zero-order valence-electron chi connectivity index (χ0n) is 11.7. The van der Waals surface area contributed by atoms with E-state index in [4.69, 9.17) is 4.74 Å². The van der Waals surface area contributed by atoms with E-state index in [-0.39, 0.29) is 17.8 Å². The molecule has 1 fully saturated rings. The summed E-state index contributed by atoms with van der Waals surface area (Å²) in [6, 6.07) is 6.75. The molecule has 1 aliphatic carbocycles. The highest BCUT2D eigenvalue weighted by atomic mass is 16.5. The lowest BCUT2D eigenvalue weighted by Crippen LogP contribution is -2.33. The predicted octanol–water partition coefficient (Wildman–Crippen LogP) is 1.91. The summed E-state index contributed by atoms with van der Waals surface area (Å²) in [6.45, 7) is 0.784. The van der Waals surface area contributed by atoms with Crippen molar-refractivity contribution in [3.8, 4) is 0 Å². The first kappa shape index (κ1) is 12.0. The topological polar surface area (TPSA) is 45.3 Å². The first-order chi connectivity index (χ1) is 9.70. The molecule has 0 saturated carbocycles. The summed E-state index contributed by atoms with van der Waals surface area (Å²) >= 11 is 0. The average Bonchev–Trinajstić information content (AvgIpc) is 3.03. The van der Waals surface area contributed by atoms with Gasteiger partial charge in [-0.25, -0.2) is 0 Å². The van der Waals surface area contributed by atoms with Crippen molar-refractivity contribution in [2.24, 2.45) is 5.92 Å². The highest BCUT2D eigenvalue weighted by Crippen LogP contribution is 2.46. The van der Waals surface area contributed by atoms with Crippen LogP contribution in [0.1, 0.15) is 17.0 Å². The number of carbonyl (C=O) groups excluding carboxylic acids is 1. The SMILES string of the molecule is COC(=O)C1CN(C)C2Cc3c[nH]c4cccc(c34)C12. The lowest BCUT2D eigenvalue weighted by atomic mass is 9.76. The van der Waals surface area contributed by atoms with Crippen LogP contribution in [0.15, 0.2) is 24.4 Å². The van der Waals surface area contributed by atoms with Gasteiger partial charge in [0.2, 0.25) is 0 Å². The minimum atomic E-state index is -0.0830. The maximum absolute atomic E-state index is 12.1. The Kier molecular flexibility index (Phi) is 2.45. The number of rotatable bonds is 1. The van der Waals surface area contributed by atoms with Crippen LogP contribution in [-0.4, -0.2) is 42.6 Å². The third kappa shape index (κ3) is 1.43. The highest BCUT2D eigenvalue weighted by Gasteiger charge is 2.47. The Bertz CT molecular complexity index is 691. The first-order valence-electron chi connectivity index (χ1n) is 7.07. The van der Waals surface area contributed by atoms with E-state index >= 15 is 0 Å². The molecule has 1 N–H and O–H groups in total. The normalized spacial score (nSPS) is 28.6. The van der Waals surface area contributed by atoms with E-state index in [2.05, 4.69) is 41.3 Å². The number of likely N-dealkylation sites (N-methyl/N-ethyl adjacent to an activating group) is 1. The summed E-state index contributed by atoms with van der Waals surface area (Å²) < 4.78 is 5.02. The summed E-state index contributed by atoms with van der Waals surface area (Å²) in [5.41, 5.74) is 3.85. The summed E-state index contributed by atoms with van der Waals surface area (Å²) in [5, 5.41) is 1.32. The van der Waals surface area contributed by atoms with Crippen LogP contribution < -0.4 is 0 Å². The van der Waals surface area contributed by atoms with Gasteiger partial charge in [0.05, 0.1) is 13.0 Å². The third-order valence-electron chi connectivity index (χ3n) is 5.01. The fourth-order valence-electron chi connectivity index (χ4n) is 4.13. The van der Waals surface area contributed by atoms with Gasteiger partial charge in [0.25, 0.3) is 0 Å².